The molecule has 0 aromatic heterocycles. The van der Waals surface area contributed by atoms with Gasteiger partial charge in [0.05, 0.1) is 6.04 Å². The average molecular weight is 607 g/mol. The highest BCUT2D eigenvalue weighted by Crippen LogP contribution is 2.13. The van der Waals surface area contributed by atoms with Gasteiger partial charge in [-0.1, -0.05) is 32.4 Å². The van der Waals surface area contributed by atoms with Crippen molar-refractivity contribution < 1.29 is 23.9 Å². The van der Waals surface area contributed by atoms with Crippen molar-refractivity contribution in [2.24, 2.45) is 17.4 Å². The molecule has 0 heterocycles. The molecule has 0 saturated carbocycles. The molecule has 0 bridgehead atoms. The maximum absolute atomic E-state index is 13.3. The first-order chi connectivity index (χ1) is 20.4. The molecule has 8 N–H and O–H groups in total. The van der Waals surface area contributed by atoms with Crippen LogP contribution in [0.2, 0.25) is 0 Å². The van der Waals surface area contributed by atoms with Crippen LogP contribution in [0.15, 0.2) is 24.3 Å². The van der Waals surface area contributed by atoms with E-state index in [4.69, 9.17) is 16.2 Å². The zero-order chi connectivity index (χ0) is 32.2. The average Bonchev–Trinajstić information content (AvgIpc) is 2.96. The molecule has 0 aliphatic heterocycles. The monoisotopic (exact) mass is 606 g/mol. The van der Waals surface area contributed by atoms with E-state index in [0.717, 1.165) is 31.4 Å². The summed E-state index contributed by atoms with van der Waals surface area (Å²) in [5.41, 5.74) is 12.1. The fourth-order valence-corrected chi connectivity index (χ4v) is 4.06. The topological polar surface area (TPSA) is 184 Å². The van der Waals surface area contributed by atoms with E-state index < -0.39 is 18.2 Å². The number of ether oxygens (including phenoxy) is 1. The summed E-state index contributed by atoms with van der Waals surface area (Å²) < 4.78 is 5.38. The van der Waals surface area contributed by atoms with Gasteiger partial charge in [0.25, 0.3) is 0 Å². The van der Waals surface area contributed by atoms with E-state index in [2.05, 4.69) is 21.3 Å². The molecule has 1 rings (SSSR count). The highest BCUT2D eigenvalue weighted by Gasteiger charge is 2.22. The predicted octanol–water partition coefficient (Wildman–Crippen LogP) is 1.82. The van der Waals surface area contributed by atoms with Gasteiger partial charge in [-0.05, 0) is 69.9 Å². The predicted molar refractivity (Wildman–Crippen MR) is 169 cm³/mol. The molecule has 1 aromatic rings. The number of unbranched alkanes of at least 4 members (excludes halogenated alkanes) is 2. The number of hydrogen-bond donors (Lipinski definition) is 6. The number of anilines is 1. The van der Waals surface area contributed by atoms with Crippen molar-refractivity contribution in [2.75, 3.05) is 59.2 Å². The second-order valence-electron chi connectivity index (χ2n) is 11.4. The molecule has 244 valence electrons. The third-order valence-electron chi connectivity index (χ3n) is 6.91. The molecule has 0 fully saturated rings. The number of rotatable bonds is 21. The van der Waals surface area contributed by atoms with E-state index >= 15 is 0 Å². The summed E-state index contributed by atoms with van der Waals surface area (Å²) in [4.78, 5) is 52.5. The van der Waals surface area contributed by atoms with Crippen molar-refractivity contribution in [1.29, 1.82) is 0 Å². The van der Waals surface area contributed by atoms with E-state index in [1.807, 2.05) is 32.8 Å². The fourth-order valence-electron chi connectivity index (χ4n) is 4.06. The van der Waals surface area contributed by atoms with Crippen LogP contribution in [0.4, 0.5) is 15.3 Å². The lowest BCUT2D eigenvalue weighted by molar-refractivity contribution is -0.122. The number of primary amides is 1. The van der Waals surface area contributed by atoms with Crippen molar-refractivity contribution in [3.63, 3.8) is 0 Å². The quantitative estimate of drug-likeness (QED) is 0.114. The normalized spacial score (nSPS) is 12.5. The van der Waals surface area contributed by atoms with Gasteiger partial charge in [0.2, 0.25) is 11.8 Å². The number of carbonyl (C=O) groups excluding carboxylic acids is 4. The Bertz CT molecular complexity index is 974. The van der Waals surface area contributed by atoms with Crippen LogP contribution in [0, 0.1) is 5.92 Å². The standard InChI is InChI=1S/C30H54N8O5/c1-22(2)26(36-27(39)11-7-6-8-16-31)20-34-25(10-9-17-33-29(32)41)28(40)35-24-14-12-23(13-15-24)21-43-30(42)38(5)19-18-37(3)4/h12-15,22,25-26,34H,6-11,16-21,31H2,1-5H3,(H,35,40)(H,36,39)(H3,32,33,41)/t25-,26+/m0/s1. The molecule has 5 amide bonds. The Morgan fingerprint density at radius 3 is 2.26 bits per heavy atom. The van der Waals surface area contributed by atoms with Crippen LogP contribution in [0.3, 0.4) is 0 Å². The van der Waals surface area contributed by atoms with Crippen molar-refractivity contribution in [3.05, 3.63) is 29.8 Å². The van der Waals surface area contributed by atoms with Crippen LogP contribution in [-0.2, 0) is 20.9 Å². The van der Waals surface area contributed by atoms with Crippen LogP contribution in [0.5, 0.6) is 0 Å². The van der Waals surface area contributed by atoms with Gasteiger partial charge in [-0.15, -0.1) is 0 Å². The Morgan fingerprint density at radius 1 is 0.953 bits per heavy atom. The molecule has 0 aliphatic carbocycles. The number of nitrogens with two attached hydrogens (primary N) is 2. The van der Waals surface area contributed by atoms with Crippen molar-refractivity contribution in [2.45, 2.75) is 71.1 Å². The van der Waals surface area contributed by atoms with Gasteiger partial charge in [-0.2, -0.15) is 0 Å². The van der Waals surface area contributed by atoms with Gasteiger partial charge in [-0.25, -0.2) is 9.59 Å². The fraction of sp³-hybridized carbons (Fsp3) is 0.667. The van der Waals surface area contributed by atoms with Crippen LogP contribution in [0.1, 0.15) is 57.9 Å². The Morgan fingerprint density at radius 2 is 1.65 bits per heavy atom. The summed E-state index contributed by atoms with van der Waals surface area (Å²) in [7, 11) is 5.57. The Kier molecular flexibility index (Phi) is 18.6. The number of carbonyl (C=O) groups is 4. The zero-order valence-corrected chi connectivity index (χ0v) is 26.6. The molecule has 13 nitrogen and oxygen atoms in total. The van der Waals surface area contributed by atoms with Gasteiger partial charge in [0.15, 0.2) is 0 Å². The second-order valence-corrected chi connectivity index (χ2v) is 11.4. The maximum Gasteiger partial charge on any atom is 0.409 e. The van der Waals surface area contributed by atoms with Gasteiger partial charge in [-0.3, -0.25) is 9.59 Å². The largest absolute Gasteiger partial charge is 0.445 e. The molecule has 0 spiro atoms. The lowest BCUT2D eigenvalue weighted by atomic mass is 10.0. The van der Waals surface area contributed by atoms with E-state index in [1.54, 1.807) is 31.3 Å². The number of urea groups is 1. The molecular formula is C30H54N8O5. The lowest BCUT2D eigenvalue weighted by Gasteiger charge is -2.26. The molecule has 1 aromatic carbocycles. The van der Waals surface area contributed by atoms with Gasteiger partial charge < -0.3 is 47.3 Å². The van der Waals surface area contributed by atoms with Crippen molar-refractivity contribution in [3.8, 4) is 0 Å². The molecule has 13 heteroatoms. The van der Waals surface area contributed by atoms with Crippen molar-refractivity contribution in [1.82, 2.24) is 25.8 Å². The van der Waals surface area contributed by atoms with E-state index in [-0.39, 0.29) is 30.4 Å². The minimum absolute atomic E-state index is 0.0184. The first kappa shape index (κ1) is 37.6. The van der Waals surface area contributed by atoms with E-state index in [1.165, 1.54) is 4.90 Å². The zero-order valence-electron chi connectivity index (χ0n) is 26.6. The van der Waals surface area contributed by atoms with E-state index in [9.17, 15) is 19.2 Å². The summed E-state index contributed by atoms with van der Waals surface area (Å²) in [6.07, 6.45) is 3.61. The van der Waals surface area contributed by atoms with Crippen LogP contribution in [0.25, 0.3) is 0 Å². The summed E-state index contributed by atoms with van der Waals surface area (Å²) in [6, 6.07) is 5.74. The highest BCUT2D eigenvalue weighted by atomic mass is 16.6. The maximum atomic E-state index is 13.3. The summed E-state index contributed by atoms with van der Waals surface area (Å²) >= 11 is 0. The third-order valence-corrected chi connectivity index (χ3v) is 6.91. The SMILES string of the molecule is CC(C)[C@@H](CN[C@@H](CCCNC(N)=O)C(=O)Nc1ccc(COC(=O)N(C)CCN(C)C)cc1)NC(=O)CCCCCN. The van der Waals surface area contributed by atoms with Gasteiger partial charge in [0, 0.05) is 51.4 Å². The lowest BCUT2D eigenvalue weighted by Crippen LogP contribution is -2.50. The first-order valence-electron chi connectivity index (χ1n) is 15.1. The van der Waals surface area contributed by atoms with Crippen LogP contribution in [-0.4, -0.2) is 99.7 Å². The summed E-state index contributed by atoms with van der Waals surface area (Å²) in [5.74, 6) is -0.110. The number of nitrogens with zero attached hydrogens (tertiary/aromatic N) is 2. The highest BCUT2D eigenvalue weighted by molar-refractivity contribution is 5.94. The number of likely N-dealkylation sites (N-methyl/N-ethyl adjacent to an activating group) is 2. The van der Waals surface area contributed by atoms with Crippen LogP contribution >= 0.6 is 0 Å². The van der Waals surface area contributed by atoms with Gasteiger partial charge in [0.1, 0.15) is 6.61 Å². The molecule has 0 radical (unpaired) electrons. The molecule has 0 unspecified atom stereocenters. The molecule has 43 heavy (non-hydrogen) atoms. The Hall–Kier alpha value is -3.42. The molecule has 0 saturated heterocycles. The van der Waals surface area contributed by atoms with Gasteiger partial charge >= 0.3 is 12.1 Å². The Balaban J connectivity index is 2.74. The van der Waals surface area contributed by atoms with Crippen molar-refractivity contribution >= 4 is 29.6 Å². The smallest absolute Gasteiger partial charge is 0.409 e. The Labute approximate surface area is 256 Å². The third kappa shape index (κ3) is 17.3. The number of amides is 5. The second kappa shape index (κ2) is 21.3. The molecular weight excluding hydrogens is 552 g/mol. The number of nitrogens with one attached hydrogen (secondary N) is 4. The minimum atomic E-state index is -0.617. The summed E-state index contributed by atoms with van der Waals surface area (Å²) in [6.45, 7) is 6.82. The number of hydrogen-bond acceptors (Lipinski definition) is 8. The first-order valence-corrected chi connectivity index (χ1v) is 15.1. The summed E-state index contributed by atoms with van der Waals surface area (Å²) in [5, 5.41) is 11.9. The minimum Gasteiger partial charge on any atom is -0.445 e. The molecule has 2 atom stereocenters. The number of benzene rings is 1. The van der Waals surface area contributed by atoms with E-state index in [0.29, 0.717) is 51.1 Å². The molecule has 0 aliphatic rings. The van der Waals surface area contributed by atoms with Crippen LogP contribution < -0.4 is 32.7 Å².